The summed E-state index contributed by atoms with van der Waals surface area (Å²) in [5, 5.41) is 6.81. The molecule has 3 heterocycles. The minimum atomic E-state index is 0. The fourth-order valence-corrected chi connectivity index (χ4v) is 4.51. The van der Waals surface area contributed by atoms with Crippen molar-refractivity contribution in [1.29, 1.82) is 0 Å². The van der Waals surface area contributed by atoms with Crippen LogP contribution in [0.15, 0.2) is 10.4 Å². The first kappa shape index (κ1) is 20.9. The average Bonchev–Trinajstić information content (AvgIpc) is 3.17. The number of nitrogens with zero attached hydrogens (tertiary/aromatic N) is 3. The number of ether oxygens (including phenoxy) is 1. The van der Waals surface area contributed by atoms with Crippen LogP contribution in [0.5, 0.6) is 0 Å². The number of likely N-dealkylation sites (tertiary alicyclic amines) is 1. The van der Waals surface area contributed by atoms with Gasteiger partial charge in [0.2, 0.25) is 0 Å². The first-order chi connectivity index (χ1) is 11.4. The first-order valence-electron chi connectivity index (χ1n) is 8.90. The molecule has 0 radical (unpaired) electrons. The second kappa shape index (κ2) is 8.52. The fraction of sp³-hybridized carbons (Fsp3) is 0.778. The van der Waals surface area contributed by atoms with Gasteiger partial charge in [0.15, 0.2) is 5.96 Å². The second-order valence-corrected chi connectivity index (χ2v) is 9.00. The first-order valence-corrected chi connectivity index (χ1v) is 9.78. The number of nitrogens with one attached hydrogen (secondary N) is 1. The van der Waals surface area contributed by atoms with E-state index < -0.39 is 0 Å². The highest BCUT2D eigenvalue weighted by Gasteiger charge is 2.40. The third-order valence-corrected chi connectivity index (χ3v) is 6.07. The van der Waals surface area contributed by atoms with Crippen LogP contribution in [0.1, 0.15) is 50.7 Å². The van der Waals surface area contributed by atoms with E-state index in [0.29, 0.717) is 5.41 Å². The van der Waals surface area contributed by atoms with Crippen molar-refractivity contribution in [2.75, 3.05) is 33.4 Å². The van der Waals surface area contributed by atoms with Crippen LogP contribution >= 0.6 is 35.3 Å². The molecule has 0 atom stereocenters. The van der Waals surface area contributed by atoms with Crippen molar-refractivity contribution in [3.05, 3.63) is 16.1 Å². The van der Waals surface area contributed by atoms with Gasteiger partial charge in [-0.1, -0.05) is 20.8 Å². The summed E-state index contributed by atoms with van der Waals surface area (Å²) in [6.07, 6.45) is 3.62. The number of guanidine groups is 1. The summed E-state index contributed by atoms with van der Waals surface area (Å²) in [5.41, 5.74) is 1.72. The molecule has 0 aromatic carbocycles. The summed E-state index contributed by atoms with van der Waals surface area (Å²) in [7, 11) is 1.87. The minimum absolute atomic E-state index is 0. The molecular formula is C18H31IN4OS. The molecule has 2 fully saturated rings. The lowest BCUT2D eigenvalue weighted by molar-refractivity contribution is 0.0217. The van der Waals surface area contributed by atoms with Gasteiger partial charge in [-0.15, -0.1) is 35.3 Å². The normalized spacial score (nSPS) is 20.6. The highest BCUT2D eigenvalue weighted by atomic mass is 127. The van der Waals surface area contributed by atoms with Gasteiger partial charge in [-0.05, 0) is 24.7 Å². The third-order valence-electron chi connectivity index (χ3n) is 5.22. The number of aliphatic imine (C=N–C) groups is 1. The standard InChI is InChI=1S/C18H30N4OS.HI/c1-17(2,3)14-12-24-15(21-14)11-20-16(19-4)22-8-5-18(13-22)6-9-23-10-7-18;/h12H,5-11,13H2,1-4H3,(H,19,20);1H. The van der Waals surface area contributed by atoms with Gasteiger partial charge in [-0.25, -0.2) is 4.98 Å². The van der Waals surface area contributed by atoms with E-state index in [1.165, 1.54) is 25.0 Å². The number of hydrogen-bond acceptors (Lipinski definition) is 4. The fourth-order valence-electron chi connectivity index (χ4n) is 3.55. The molecule has 0 amide bonds. The highest BCUT2D eigenvalue weighted by molar-refractivity contribution is 14.0. The van der Waals surface area contributed by atoms with Crippen LogP contribution in [0.2, 0.25) is 0 Å². The van der Waals surface area contributed by atoms with Crippen LogP contribution in [0, 0.1) is 5.41 Å². The van der Waals surface area contributed by atoms with E-state index in [1.807, 2.05) is 7.05 Å². The monoisotopic (exact) mass is 478 g/mol. The van der Waals surface area contributed by atoms with Crippen molar-refractivity contribution in [2.45, 2.75) is 52.0 Å². The van der Waals surface area contributed by atoms with E-state index in [2.05, 4.69) is 41.4 Å². The predicted octanol–water partition coefficient (Wildman–Crippen LogP) is 3.64. The van der Waals surface area contributed by atoms with Gasteiger partial charge in [-0.2, -0.15) is 0 Å². The van der Waals surface area contributed by atoms with E-state index in [-0.39, 0.29) is 29.4 Å². The lowest BCUT2D eigenvalue weighted by Gasteiger charge is -2.33. The second-order valence-electron chi connectivity index (χ2n) is 8.06. The molecule has 2 aliphatic heterocycles. The molecule has 5 nitrogen and oxygen atoms in total. The topological polar surface area (TPSA) is 49.8 Å². The van der Waals surface area contributed by atoms with Gasteiger partial charge in [0.1, 0.15) is 5.01 Å². The molecule has 3 rings (SSSR count). The Morgan fingerprint density at radius 3 is 2.68 bits per heavy atom. The van der Waals surface area contributed by atoms with Gasteiger partial charge in [-0.3, -0.25) is 4.99 Å². The largest absolute Gasteiger partial charge is 0.381 e. The lowest BCUT2D eigenvalue weighted by Crippen LogP contribution is -2.42. The van der Waals surface area contributed by atoms with Crippen LogP contribution < -0.4 is 5.32 Å². The van der Waals surface area contributed by atoms with Crippen LogP contribution in [0.3, 0.4) is 0 Å². The van der Waals surface area contributed by atoms with Crippen molar-refractivity contribution in [3.63, 3.8) is 0 Å². The quantitative estimate of drug-likeness (QED) is 0.401. The molecule has 2 saturated heterocycles. The van der Waals surface area contributed by atoms with Crippen LogP contribution in [0.25, 0.3) is 0 Å². The Bertz CT molecular complexity index is 590. The predicted molar refractivity (Wildman–Crippen MR) is 115 cm³/mol. The Hall–Kier alpha value is -0.410. The molecule has 1 aromatic heterocycles. The maximum Gasteiger partial charge on any atom is 0.194 e. The molecule has 0 aliphatic carbocycles. The van der Waals surface area contributed by atoms with Crippen LogP contribution in [-0.4, -0.2) is 49.2 Å². The zero-order valence-electron chi connectivity index (χ0n) is 15.8. The SMILES string of the molecule is CN=C(NCc1nc(C(C)(C)C)cs1)N1CCC2(CCOCC2)C1.I. The maximum atomic E-state index is 5.54. The molecule has 7 heteroatoms. The molecule has 0 unspecified atom stereocenters. The summed E-state index contributed by atoms with van der Waals surface area (Å²) in [5.74, 6) is 1.01. The van der Waals surface area contributed by atoms with Crippen LogP contribution in [0.4, 0.5) is 0 Å². The average molecular weight is 478 g/mol. The molecule has 142 valence electrons. The van der Waals surface area contributed by atoms with Crippen molar-refractivity contribution < 1.29 is 4.74 Å². The molecule has 0 saturated carbocycles. The van der Waals surface area contributed by atoms with E-state index in [1.54, 1.807) is 11.3 Å². The van der Waals surface area contributed by atoms with Crippen molar-refractivity contribution in [1.82, 2.24) is 15.2 Å². The Kier molecular flexibility index (Phi) is 7.12. The Balaban J connectivity index is 0.00000225. The summed E-state index contributed by atoms with van der Waals surface area (Å²) >= 11 is 1.73. The van der Waals surface area contributed by atoms with Gasteiger partial charge in [0.25, 0.3) is 0 Å². The number of thiazole rings is 1. The maximum absolute atomic E-state index is 5.54. The smallest absolute Gasteiger partial charge is 0.194 e. The number of rotatable bonds is 2. The summed E-state index contributed by atoms with van der Waals surface area (Å²) in [6.45, 7) is 11.4. The Morgan fingerprint density at radius 2 is 2.08 bits per heavy atom. The summed E-state index contributed by atoms with van der Waals surface area (Å²) in [4.78, 5) is 11.7. The minimum Gasteiger partial charge on any atom is -0.381 e. The van der Waals surface area contributed by atoms with Gasteiger partial charge in [0.05, 0.1) is 12.2 Å². The summed E-state index contributed by atoms with van der Waals surface area (Å²) in [6, 6.07) is 0. The number of aromatic nitrogens is 1. The Labute approximate surface area is 172 Å². The van der Waals surface area contributed by atoms with Crippen LogP contribution in [-0.2, 0) is 16.7 Å². The third kappa shape index (κ3) is 5.07. The molecule has 1 aromatic rings. The Morgan fingerprint density at radius 1 is 1.36 bits per heavy atom. The number of hydrogen-bond donors (Lipinski definition) is 1. The molecule has 1 spiro atoms. The molecule has 1 N–H and O–H groups in total. The highest BCUT2D eigenvalue weighted by Crippen LogP contribution is 2.39. The van der Waals surface area contributed by atoms with E-state index in [9.17, 15) is 0 Å². The molecular weight excluding hydrogens is 447 g/mol. The summed E-state index contributed by atoms with van der Waals surface area (Å²) < 4.78 is 5.54. The molecule has 0 bridgehead atoms. The zero-order chi connectivity index (χ0) is 17.2. The van der Waals surface area contributed by atoms with Gasteiger partial charge >= 0.3 is 0 Å². The van der Waals surface area contributed by atoms with E-state index in [4.69, 9.17) is 9.72 Å². The molecule has 25 heavy (non-hydrogen) atoms. The lowest BCUT2D eigenvalue weighted by atomic mass is 9.80. The number of halogens is 1. The zero-order valence-corrected chi connectivity index (χ0v) is 18.9. The van der Waals surface area contributed by atoms with Gasteiger partial charge in [0, 0.05) is 44.1 Å². The van der Waals surface area contributed by atoms with E-state index >= 15 is 0 Å². The van der Waals surface area contributed by atoms with Crippen molar-refractivity contribution >= 4 is 41.3 Å². The van der Waals surface area contributed by atoms with Crippen molar-refractivity contribution in [2.24, 2.45) is 10.4 Å². The van der Waals surface area contributed by atoms with E-state index in [0.717, 1.165) is 43.8 Å². The van der Waals surface area contributed by atoms with Crippen molar-refractivity contribution in [3.8, 4) is 0 Å². The van der Waals surface area contributed by atoms with Gasteiger partial charge < -0.3 is 15.0 Å². The molecule has 2 aliphatic rings.